The van der Waals surface area contributed by atoms with Crippen molar-refractivity contribution in [2.45, 2.75) is 6.92 Å². The van der Waals surface area contributed by atoms with Crippen LogP contribution in [-0.2, 0) is 0 Å². The molecule has 0 aliphatic carbocycles. The molecule has 0 aliphatic heterocycles. The van der Waals surface area contributed by atoms with E-state index in [0.717, 1.165) is 27.8 Å². The zero-order valence-electron chi connectivity index (χ0n) is 15.9. The van der Waals surface area contributed by atoms with Gasteiger partial charge in [0.15, 0.2) is 5.13 Å². The van der Waals surface area contributed by atoms with Crippen molar-refractivity contribution in [2.24, 2.45) is 0 Å². The third-order valence-electron chi connectivity index (χ3n) is 4.36. The monoisotopic (exact) mass is 436 g/mol. The predicted octanol–water partition coefficient (Wildman–Crippen LogP) is 6.15. The van der Waals surface area contributed by atoms with Crippen LogP contribution in [0.1, 0.15) is 15.4 Å². The molecule has 0 saturated carbocycles. The third-order valence-corrected chi connectivity index (χ3v) is 5.69. The van der Waals surface area contributed by atoms with Gasteiger partial charge >= 0.3 is 6.03 Å². The van der Waals surface area contributed by atoms with Crippen LogP contribution in [0, 0.1) is 6.92 Å². The van der Waals surface area contributed by atoms with Crippen LogP contribution >= 0.6 is 22.9 Å². The van der Waals surface area contributed by atoms with Gasteiger partial charge in [0.2, 0.25) is 0 Å². The van der Waals surface area contributed by atoms with Gasteiger partial charge in [-0.15, -0.1) is 0 Å². The second-order valence-electron chi connectivity index (χ2n) is 6.50. The lowest BCUT2D eigenvalue weighted by molar-refractivity contribution is 0.103. The van der Waals surface area contributed by atoms with Crippen molar-refractivity contribution in [3.8, 4) is 0 Å². The number of urea groups is 1. The number of halogens is 1. The summed E-state index contributed by atoms with van der Waals surface area (Å²) in [5.41, 5.74) is 1.86. The van der Waals surface area contributed by atoms with Crippen LogP contribution in [0.2, 0.25) is 5.02 Å². The van der Waals surface area contributed by atoms with Crippen molar-refractivity contribution in [2.75, 3.05) is 16.0 Å². The average Bonchev–Trinajstić information content (AvgIpc) is 3.10. The van der Waals surface area contributed by atoms with Gasteiger partial charge in [-0.2, -0.15) is 0 Å². The number of carbonyl (C=O) groups is 2. The Bertz CT molecular complexity index is 1230. The first kappa shape index (κ1) is 19.9. The van der Waals surface area contributed by atoms with Gasteiger partial charge in [0.1, 0.15) is 4.88 Å². The maximum atomic E-state index is 12.8. The summed E-state index contributed by atoms with van der Waals surface area (Å²) in [5.74, 6) is -0.271. The Balaban J connectivity index is 1.47. The minimum absolute atomic E-state index is 0.271. The molecule has 4 aromatic rings. The fraction of sp³-hybridized carbons (Fsp3) is 0.0455. The molecule has 0 atom stereocenters. The van der Waals surface area contributed by atoms with Crippen molar-refractivity contribution >= 4 is 62.2 Å². The number of amides is 3. The van der Waals surface area contributed by atoms with Crippen molar-refractivity contribution in [3.63, 3.8) is 0 Å². The summed E-state index contributed by atoms with van der Waals surface area (Å²) in [5, 5.41) is 11.2. The molecule has 0 fully saturated rings. The molecular weight excluding hydrogens is 420 g/mol. The Kier molecular flexibility index (Phi) is 5.65. The molecule has 8 heteroatoms. The lowest BCUT2D eigenvalue weighted by Gasteiger charge is -2.08. The van der Waals surface area contributed by atoms with Crippen LogP contribution in [0.3, 0.4) is 0 Å². The van der Waals surface area contributed by atoms with E-state index in [2.05, 4.69) is 20.9 Å². The molecule has 1 heterocycles. The number of rotatable bonds is 4. The van der Waals surface area contributed by atoms with Crippen LogP contribution < -0.4 is 16.0 Å². The summed E-state index contributed by atoms with van der Waals surface area (Å²) in [4.78, 5) is 29.8. The number of benzene rings is 3. The van der Waals surface area contributed by atoms with Crippen molar-refractivity contribution in [3.05, 3.63) is 82.3 Å². The lowest BCUT2D eigenvalue weighted by Crippen LogP contribution is -2.19. The number of aryl methyl sites for hydroxylation is 1. The van der Waals surface area contributed by atoms with E-state index >= 15 is 0 Å². The molecule has 0 bridgehead atoms. The molecular formula is C22H17ClN4O2S. The maximum absolute atomic E-state index is 12.8. The minimum Gasteiger partial charge on any atom is -0.321 e. The molecule has 6 nitrogen and oxygen atoms in total. The number of hydrogen-bond acceptors (Lipinski definition) is 4. The van der Waals surface area contributed by atoms with Crippen molar-refractivity contribution in [1.29, 1.82) is 0 Å². The Morgan fingerprint density at radius 2 is 1.63 bits per heavy atom. The predicted molar refractivity (Wildman–Crippen MR) is 123 cm³/mol. The van der Waals surface area contributed by atoms with Gasteiger partial charge in [-0.1, -0.05) is 59.3 Å². The summed E-state index contributed by atoms with van der Waals surface area (Å²) < 4.78 is 0. The highest BCUT2D eigenvalue weighted by Crippen LogP contribution is 2.27. The second kappa shape index (κ2) is 8.52. The number of nitrogens with one attached hydrogen (secondary N) is 3. The fourth-order valence-electron chi connectivity index (χ4n) is 2.97. The average molecular weight is 437 g/mol. The smallest absolute Gasteiger partial charge is 0.321 e. The minimum atomic E-state index is -0.452. The van der Waals surface area contributed by atoms with E-state index in [4.69, 9.17) is 11.6 Å². The number of thiazole rings is 1. The molecule has 150 valence electrons. The molecule has 0 radical (unpaired) electrons. The van der Waals surface area contributed by atoms with E-state index in [1.165, 1.54) is 0 Å². The molecule has 0 unspecified atom stereocenters. The number of fused-ring (bicyclic) bond motifs is 1. The van der Waals surface area contributed by atoms with Gasteiger partial charge in [-0.05, 0) is 42.6 Å². The zero-order chi connectivity index (χ0) is 21.1. The summed E-state index contributed by atoms with van der Waals surface area (Å²) in [6, 6.07) is 19.9. The fourth-order valence-corrected chi connectivity index (χ4v) is 3.95. The number of nitrogens with zero attached hydrogens (tertiary/aromatic N) is 1. The zero-order valence-corrected chi connectivity index (χ0v) is 17.5. The highest BCUT2D eigenvalue weighted by atomic mass is 35.5. The van der Waals surface area contributed by atoms with Gasteiger partial charge in [0.05, 0.1) is 5.69 Å². The van der Waals surface area contributed by atoms with E-state index in [-0.39, 0.29) is 5.91 Å². The van der Waals surface area contributed by atoms with Crippen LogP contribution in [0.25, 0.3) is 10.8 Å². The molecule has 0 spiro atoms. The maximum Gasteiger partial charge on any atom is 0.325 e. The van der Waals surface area contributed by atoms with Gasteiger partial charge < -0.3 is 10.6 Å². The van der Waals surface area contributed by atoms with Gasteiger partial charge in [0, 0.05) is 21.8 Å². The first-order valence-corrected chi connectivity index (χ1v) is 10.3. The molecule has 0 saturated heterocycles. The SMILES string of the molecule is Cc1nc(NC(=O)Nc2ccc(Cl)cc2)sc1C(=O)Nc1cccc2ccccc12. The second-order valence-corrected chi connectivity index (χ2v) is 7.94. The largest absolute Gasteiger partial charge is 0.325 e. The number of carbonyl (C=O) groups excluding carboxylic acids is 2. The Labute approximate surface area is 181 Å². The third kappa shape index (κ3) is 4.42. The molecule has 3 amide bonds. The van der Waals surface area contributed by atoms with Crippen LogP contribution in [0.4, 0.5) is 21.3 Å². The Morgan fingerprint density at radius 3 is 2.43 bits per heavy atom. The first-order valence-electron chi connectivity index (χ1n) is 9.10. The molecule has 4 rings (SSSR count). The highest BCUT2D eigenvalue weighted by Gasteiger charge is 2.17. The summed E-state index contributed by atoms with van der Waals surface area (Å²) in [6.45, 7) is 1.73. The summed E-state index contributed by atoms with van der Waals surface area (Å²) in [6.07, 6.45) is 0. The number of anilines is 3. The van der Waals surface area contributed by atoms with Gasteiger partial charge in [-0.3, -0.25) is 10.1 Å². The van der Waals surface area contributed by atoms with E-state index in [9.17, 15) is 9.59 Å². The molecule has 0 aliphatic rings. The molecule has 3 aromatic carbocycles. The standard InChI is InChI=1S/C22H17ClN4O2S/c1-13-19(20(28)26-18-8-4-6-14-5-2-3-7-17(14)18)30-22(24-13)27-21(29)25-16-11-9-15(23)10-12-16/h2-12H,1H3,(H,26,28)(H2,24,25,27,29). The summed E-state index contributed by atoms with van der Waals surface area (Å²) in [7, 11) is 0. The van der Waals surface area contributed by atoms with E-state index in [0.29, 0.717) is 26.4 Å². The topological polar surface area (TPSA) is 83.1 Å². The Hall–Kier alpha value is -3.42. The van der Waals surface area contributed by atoms with E-state index < -0.39 is 6.03 Å². The van der Waals surface area contributed by atoms with Crippen LogP contribution in [-0.4, -0.2) is 16.9 Å². The lowest BCUT2D eigenvalue weighted by atomic mass is 10.1. The van der Waals surface area contributed by atoms with Crippen LogP contribution in [0.15, 0.2) is 66.7 Å². The van der Waals surface area contributed by atoms with Gasteiger partial charge in [-0.25, -0.2) is 9.78 Å². The molecule has 1 aromatic heterocycles. The molecule has 3 N–H and O–H groups in total. The number of hydrogen-bond donors (Lipinski definition) is 3. The van der Waals surface area contributed by atoms with Crippen LogP contribution in [0.5, 0.6) is 0 Å². The first-order chi connectivity index (χ1) is 14.5. The van der Waals surface area contributed by atoms with E-state index in [1.807, 2.05) is 42.5 Å². The normalized spacial score (nSPS) is 10.6. The van der Waals surface area contributed by atoms with Gasteiger partial charge in [0.25, 0.3) is 5.91 Å². The Morgan fingerprint density at radius 1 is 0.900 bits per heavy atom. The highest BCUT2D eigenvalue weighted by molar-refractivity contribution is 7.17. The summed E-state index contributed by atoms with van der Waals surface area (Å²) >= 11 is 6.96. The van der Waals surface area contributed by atoms with Crippen molar-refractivity contribution in [1.82, 2.24) is 4.98 Å². The molecule has 30 heavy (non-hydrogen) atoms. The quantitative estimate of drug-likeness (QED) is 0.358. The number of aromatic nitrogens is 1. The van der Waals surface area contributed by atoms with E-state index in [1.54, 1.807) is 31.2 Å². The van der Waals surface area contributed by atoms with Crippen molar-refractivity contribution < 1.29 is 9.59 Å².